The maximum atomic E-state index is 13.7. The van der Waals surface area contributed by atoms with Crippen molar-refractivity contribution < 1.29 is 27.4 Å². The van der Waals surface area contributed by atoms with Crippen LogP contribution < -0.4 is 4.74 Å². The molecule has 0 unspecified atom stereocenters. The molecule has 2 heterocycles. The second-order valence-corrected chi connectivity index (χ2v) is 12.6. The maximum absolute atomic E-state index is 13.7. The van der Waals surface area contributed by atoms with E-state index in [4.69, 9.17) is 4.74 Å². The van der Waals surface area contributed by atoms with Gasteiger partial charge in [0.1, 0.15) is 17.5 Å². The number of likely N-dealkylation sites (N-methyl/N-ethyl adjacent to an activating group) is 1. The highest BCUT2D eigenvalue weighted by Crippen LogP contribution is 2.29. The van der Waals surface area contributed by atoms with Gasteiger partial charge in [-0.2, -0.15) is 4.31 Å². The van der Waals surface area contributed by atoms with Crippen LogP contribution >= 0.6 is 0 Å². The molecule has 1 N–H and O–H groups in total. The lowest BCUT2D eigenvalue weighted by atomic mass is 9.90. The zero-order valence-electron chi connectivity index (χ0n) is 22.6. The molecular formula is C29H36FN3O5S. The van der Waals surface area contributed by atoms with Crippen LogP contribution in [0.1, 0.15) is 61.9 Å². The van der Waals surface area contributed by atoms with E-state index in [1.165, 1.54) is 44.5 Å². The SMILES string of the molecule is C[C@H](CO)N1C[C@H](C)[C@@H](CN(C)S(=O)(=O)c2cccc(F)c2)Oc2ncc(C#CC3CCCCC3)cc2C1=O. The van der Waals surface area contributed by atoms with Gasteiger partial charge in [0.05, 0.1) is 24.1 Å². The number of ether oxygens (including phenoxy) is 1. The average Bonchev–Trinajstić information content (AvgIpc) is 2.93. The summed E-state index contributed by atoms with van der Waals surface area (Å²) in [5.74, 6) is 5.62. The molecule has 0 saturated heterocycles. The van der Waals surface area contributed by atoms with Crippen LogP contribution in [-0.4, -0.2) is 72.5 Å². The van der Waals surface area contributed by atoms with Crippen LogP contribution in [0.4, 0.5) is 4.39 Å². The number of amides is 1. The third-order valence-electron chi connectivity index (χ3n) is 7.49. The van der Waals surface area contributed by atoms with Crippen molar-refractivity contribution in [2.75, 3.05) is 26.7 Å². The van der Waals surface area contributed by atoms with E-state index in [1.807, 2.05) is 6.92 Å². The molecule has 1 aromatic carbocycles. The fourth-order valence-electron chi connectivity index (χ4n) is 4.98. The lowest BCUT2D eigenvalue weighted by molar-refractivity contribution is 0.0373. The third-order valence-corrected chi connectivity index (χ3v) is 9.31. The lowest BCUT2D eigenvalue weighted by Gasteiger charge is -2.37. The number of aromatic nitrogens is 1. The molecule has 1 aliphatic heterocycles. The molecule has 39 heavy (non-hydrogen) atoms. The molecule has 2 aromatic rings. The number of hydrogen-bond donors (Lipinski definition) is 1. The largest absolute Gasteiger partial charge is 0.472 e. The summed E-state index contributed by atoms with van der Waals surface area (Å²) in [6, 6.07) is 6.04. The van der Waals surface area contributed by atoms with Crippen LogP contribution in [0.15, 0.2) is 41.4 Å². The van der Waals surface area contributed by atoms with Gasteiger partial charge in [0.15, 0.2) is 0 Å². The summed E-state index contributed by atoms with van der Waals surface area (Å²) in [5, 5.41) is 9.87. The number of halogens is 1. The number of nitrogens with zero attached hydrogens (tertiary/aromatic N) is 3. The number of sulfonamides is 1. The number of fused-ring (bicyclic) bond motifs is 1. The Bertz CT molecular complexity index is 1350. The van der Waals surface area contributed by atoms with E-state index in [1.54, 1.807) is 24.1 Å². The molecule has 210 valence electrons. The summed E-state index contributed by atoms with van der Waals surface area (Å²) < 4.78 is 47.4. The fraction of sp³-hybridized carbons (Fsp3) is 0.517. The van der Waals surface area contributed by atoms with Crippen LogP contribution in [0.3, 0.4) is 0 Å². The summed E-state index contributed by atoms with van der Waals surface area (Å²) in [7, 11) is -2.59. The Morgan fingerprint density at radius 3 is 2.69 bits per heavy atom. The van der Waals surface area contributed by atoms with E-state index in [2.05, 4.69) is 16.8 Å². The van der Waals surface area contributed by atoms with Crippen molar-refractivity contribution in [2.24, 2.45) is 11.8 Å². The lowest BCUT2D eigenvalue weighted by Crippen LogP contribution is -2.50. The van der Waals surface area contributed by atoms with Crippen molar-refractivity contribution in [1.29, 1.82) is 0 Å². The van der Waals surface area contributed by atoms with Crippen LogP contribution in [-0.2, 0) is 10.0 Å². The smallest absolute Gasteiger partial charge is 0.259 e. The summed E-state index contributed by atoms with van der Waals surface area (Å²) >= 11 is 0. The standard InChI is InChI=1S/C29H36FN3O5S/c1-20-17-33(21(2)19-34)29(35)26-14-23(13-12-22-8-5-4-6-9-22)16-31-28(26)38-27(20)18-32(3)39(36,37)25-11-7-10-24(30)15-25/h7,10-11,14-16,20-22,27,34H,4-6,8-9,17-19H2,1-3H3/t20-,21+,27+/m0/s1. The van der Waals surface area contributed by atoms with E-state index in [0.717, 1.165) is 23.2 Å². The van der Waals surface area contributed by atoms with Crippen molar-refractivity contribution in [1.82, 2.24) is 14.2 Å². The molecule has 10 heteroatoms. The van der Waals surface area contributed by atoms with Crippen molar-refractivity contribution in [2.45, 2.75) is 63.0 Å². The molecule has 8 nitrogen and oxygen atoms in total. The van der Waals surface area contributed by atoms with Gasteiger partial charge in [-0.1, -0.05) is 44.1 Å². The summed E-state index contributed by atoms with van der Waals surface area (Å²) in [6.45, 7) is 3.55. The van der Waals surface area contributed by atoms with E-state index in [9.17, 15) is 22.7 Å². The molecule has 1 amide bonds. The fourth-order valence-corrected chi connectivity index (χ4v) is 6.19. The Hall–Kier alpha value is -3.00. The molecule has 2 aliphatic rings. The van der Waals surface area contributed by atoms with Gasteiger partial charge < -0.3 is 14.7 Å². The number of carbonyl (C=O) groups excluding carboxylic acids is 1. The summed E-state index contributed by atoms with van der Waals surface area (Å²) in [5.41, 5.74) is 0.821. The number of benzene rings is 1. The second-order valence-electron chi connectivity index (χ2n) is 10.5. The van der Waals surface area contributed by atoms with Crippen LogP contribution in [0, 0.1) is 29.5 Å². The van der Waals surface area contributed by atoms with Crippen molar-refractivity contribution in [3.8, 4) is 17.7 Å². The van der Waals surface area contributed by atoms with Gasteiger partial charge in [-0.3, -0.25) is 4.79 Å². The molecular weight excluding hydrogens is 521 g/mol. The van der Waals surface area contributed by atoms with Crippen LogP contribution in [0.25, 0.3) is 0 Å². The minimum Gasteiger partial charge on any atom is -0.472 e. The Morgan fingerprint density at radius 1 is 1.26 bits per heavy atom. The first-order valence-electron chi connectivity index (χ1n) is 13.4. The zero-order chi connectivity index (χ0) is 28.2. The van der Waals surface area contributed by atoms with E-state index >= 15 is 0 Å². The van der Waals surface area contributed by atoms with Gasteiger partial charge in [0.25, 0.3) is 5.91 Å². The minimum atomic E-state index is -4.00. The van der Waals surface area contributed by atoms with Gasteiger partial charge in [-0.25, -0.2) is 17.8 Å². The molecule has 0 radical (unpaired) electrons. The number of rotatable bonds is 6. The van der Waals surface area contributed by atoms with Crippen LogP contribution in [0.5, 0.6) is 5.88 Å². The Kier molecular flexibility index (Phi) is 9.26. The molecule has 1 aliphatic carbocycles. The topological polar surface area (TPSA) is 100 Å². The van der Waals surface area contributed by atoms with Gasteiger partial charge in [0.2, 0.25) is 15.9 Å². The third kappa shape index (κ3) is 6.78. The highest BCUT2D eigenvalue weighted by atomic mass is 32.2. The quantitative estimate of drug-likeness (QED) is 0.544. The van der Waals surface area contributed by atoms with Gasteiger partial charge in [-0.05, 0) is 44.0 Å². The van der Waals surface area contributed by atoms with Crippen molar-refractivity contribution in [3.63, 3.8) is 0 Å². The van der Waals surface area contributed by atoms with Crippen LogP contribution in [0.2, 0.25) is 0 Å². The predicted molar refractivity (Wildman–Crippen MR) is 145 cm³/mol. The summed E-state index contributed by atoms with van der Waals surface area (Å²) in [6.07, 6.45) is 6.61. The Labute approximate surface area is 230 Å². The first-order valence-corrected chi connectivity index (χ1v) is 14.9. The molecule has 1 saturated carbocycles. The second kappa shape index (κ2) is 12.5. The Balaban J connectivity index is 1.65. The molecule has 0 spiro atoms. The number of aliphatic hydroxyl groups excluding tert-OH is 1. The monoisotopic (exact) mass is 557 g/mol. The molecule has 0 bridgehead atoms. The zero-order valence-corrected chi connectivity index (χ0v) is 23.5. The highest BCUT2D eigenvalue weighted by molar-refractivity contribution is 7.89. The van der Waals surface area contributed by atoms with Gasteiger partial charge in [-0.15, -0.1) is 0 Å². The number of hydrogen-bond acceptors (Lipinski definition) is 6. The molecule has 1 aromatic heterocycles. The molecule has 1 fully saturated rings. The van der Waals surface area contributed by atoms with E-state index < -0.39 is 28.0 Å². The molecule has 3 atom stereocenters. The van der Waals surface area contributed by atoms with Crippen molar-refractivity contribution in [3.05, 3.63) is 53.5 Å². The maximum Gasteiger partial charge on any atom is 0.259 e. The van der Waals surface area contributed by atoms with Crippen molar-refractivity contribution >= 4 is 15.9 Å². The molecule has 4 rings (SSSR count). The predicted octanol–water partition coefficient (Wildman–Crippen LogP) is 3.69. The van der Waals surface area contributed by atoms with E-state index in [0.29, 0.717) is 11.5 Å². The highest BCUT2D eigenvalue weighted by Gasteiger charge is 2.36. The summed E-state index contributed by atoms with van der Waals surface area (Å²) in [4.78, 5) is 19.4. The first kappa shape index (κ1) is 29.0. The Morgan fingerprint density at radius 2 is 2.00 bits per heavy atom. The minimum absolute atomic E-state index is 0.0556. The average molecular weight is 558 g/mol. The van der Waals surface area contributed by atoms with E-state index in [-0.39, 0.29) is 47.9 Å². The van der Waals surface area contributed by atoms with Gasteiger partial charge in [0, 0.05) is 37.2 Å². The first-order chi connectivity index (χ1) is 18.6. The number of aliphatic hydroxyl groups is 1. The number of carbonyl (C=O) groups is 1. The normalized spacial score (nSPS) is 21.3. The van der Waals surface area contributed by atoms with Gasteiger partial charge >= 0.3 is 0 Å². The number of pyridine rings is 1.